The number of nitrogens with zero attached hydrogens (tertiary/aromatic N) is 3. The Labute approximate surface area is 228 Å². The minimum Gasteiger partial charge on any atom is -0.495 e. The number of hydrogen-bond acceptors (Lipinski definition) is 10. The molecule has 0 aliphatic rings. The number of aromatic nitrogens is 3. The molecule has 4 rings (SSSR count). The van der Waals surface area contributed by atoms with Crippen LogP contribution in [0.3, 0.4) is 0 Å². The second kappa shape index (κ2) is 10.5. The van der Waals surface area contributed by atoms with Gasteiger partial charge in [0, 0.05) is 18.1 Å². The Balaban J connectivity index is 1.97. The molecule has 15 heteroatoms. The second-order valence-electron chi connectivity index (χ2n) is 9.00. The number of sulfone groups is 2. The minimum atomic E-state index is -4.57. The van der Waals surface area contributed by atoms with Crippen LogP contribution in [-0.2, 0) is 26.1 Å². The Bertz CT molecular complexity index is 1830. The zero-order chi connectivity index (χ0) is 29.5. The van der Waals surface area contributed by atoms with Crippen molar-refractivity contribution in [3.63, 3.8) is 0 Å². The molecule has 0 fully saturated rings. The normalized spacial score (nSPS) is 12.4. The molecule has 0 saturated heterocycles. The molecule has 0 aliphatic carbocycles. The summed E-state index contributed by atoms with van der Waals surface area (Å²) in [5.74, 6) is -0.472. The van der Waals surface area contributed by atoms with Crippen molar-refractivity contribution in [3.8, 4) is 17.0 Å². The molecule has 2 aromatic carbocycles. The van der Waals surface area contributed by atoms with Crippen molar-refractivity contribution in [3.05, 3.63) is 59.7 Å². The van der Waals surface area contributed by atoms with Crippen molar-refractivity contribution in [1.29, 1.82) is 0 Å². The van der Waals surface area contributed by atoms with Gasteiger partial charge in [0.1, 0.15) is 28.2 Å². The molecular weight excluding hydrogens is 571 g/mol. The lowest BCUT2D eigenvalue weighted by Crippen LogP contribution is -2.22. The van der Waals surface area contributed by atoms with Gasteiger partial charge in [0.05, 0.1) is 17.7 Å². The Hall–Kier alpha value is -3.98. The topological polar surface area (TPSA) is 154 Å². The lowest BCUT2D eigenvalue weighted by molar-refractivity contribution is -0.115. The first-order chi connectivity index (χ1) is 18.5. The Morgan fingerprint density at radius 1 is 0.925 bits per heavy atom. The van der Waals surface area contributed by atoms with Crippen LogP contribution >= 0.6 is 0 Å². The average Bonchev–Trinajstić information content (AvgIpc) is 2.86. The van der Waals surface area contributed by atoms with Gasteiger partial charge in [-0.3, -0.25) is 0 Å². The molecular formula is C25H24F3N5O5S2. The van der Waals surface area contributed by atoms with Crippen molar-refractivity contribution < 1.29 is 34.7 Å². The van der Waals surface area contributed by atoms with E-state index in [9.17, 15) is 30.0 Å². The SMILES string of the molecule is COc1ccc(-c2cc(Cc3cccc(S(C)(=O)=O)c3)c3nc(N)nc(NCC(F)(F)F)c3n2)cc1S(C)(=O)=O. The van der Waals surface area contributed by atoms with Gasteiger partial charge in [-0.25, -0.2) is 26.8 Å². The standard InChI is InChI=1S/C25H24F3N5O5S2/c1-38-19-8-7-15(12-20(19)40(3,36)37)18-11-16(9-14-5-4-6-17(10-14)39(2,34)35)21-22(31-18)23(33-24(29)32-21)30-13-25(26,27)28/h4-8,10-12H,9,13H2,1-3H3,(H3,29,30,32,33). The van der Waals surface area contributed by atoms with Gasteiger partial charge in [0.15, 0.2) is 25.5 Å². The van der Waals surface area contributed by atoms with E-state index < -0.39 is 32.4 Å². The van der Waals surface area contributed by atoms with E-state index in [4.69, 9.17) is 10.5 Å². The van der Waals surface area contributed by atoms with Crippen LogP contribution in [0.15, 0.2) is 58.3 Å². The Morgan fingerprint density at radius 2 is 1.65 bits per heavy atom. The van der Waals surface area contributed by atoms with Gasteiger partial charge >= 0.3 is 6.18 Å². The van der Waals surface area contributed by atoms with Crippen LogP contribution in [-0.4, -0.2) is 64.1 Å². The minimum absolute atomic E-state index is 0.0399. The van der Waals surface area contributed by atoms with Crippen LogP contribution in [0.25, 0.3) is 22.3 Å². The lowest BCUT2D eigenvalue weighted by atomic mass is 10.0. The molecule has 0 spiro atoms. The van der Waals surface area contributed by atoms with Crippen molar-refractivity contribution in [2.75, 3.05) is 37.2 Å². The van der Waals surface area contributed by atoms with Gasteiger partial charge in [0.25, 0.3) is 0 Å². The highest BCUT2D eigenvalue weighted by atomic mass is 32.2. The van der Waals surface area contributed by atoms with Crippen LogP contribution in [0.4, 0.5) is 24.9 Å². The molecule has 10 nitrogen and oxygen atoms in total. The van der Waals surface area contributed by atoms with E-state index >= 15 is 0 Å². The third kappa shape index (κ3) is 6.59. The van der Waals surface area contributed by atoms with Crippen molar-refractivity contribution in [2.45, 2.75) is 22.4 Å². The summed E-state index contributed by atoms with van der Waals surface area (Å²) >= 11 is 0. The maximum Gasteiger partial charge on any atom is 0.405 e. The van der Waals surface area contributed by atoms with Crippen LogP contribution in [0.2, 0.25) is 0 Å². The molecule has 0 atom stereocenters. The smallest absolute Gasteiger partial charge is 0.405 e. The number of fused-ring (bicyclic) bond motifs is 1. The summed E-state index contributed by atoms with van der Waals surface area (Å²) in [7, 11) is -5.92. The first-order valence-corrected chi connectivity index (χ1v) is 15.3. The number of halogens is 3. The zero-order valence-electron chi connectivity index (χ0n) is 21.4. The quantitative estimate of drug-likeness (QED) is 0.308. The van der Waals surface area contributed by atoms with Crippen LogP contribution in [0.1, 0.15) is 11.1 Å². The number of pyridine rings is 1. The summed E-state index contributed by atoms with van der Waals surface area (Å²) in [5, 5.41) is 2.21. The Morgan fingerprint density at radius 3 is 2.27 bits per heavy atom. The van der Waals surface area contributed by atoms with E-state index in [1.165, 1.54) is 31.4 Å². The fourth-order valence-corrected chi connectivity index (χ4v) is 5.56. The number of hydrogen-bond donors (Lipinski definition) is 2. The number of nitrogens with one attached hydrogen (secondary N) is 1. The van der Waals surface area contributed by atoms with Gasteiger partial charge in [0.2, 0.25) is 5.95 Å². The maximum absolute atomic E-state index is 13.0. The molecule has 3 N–H and O–H groups in total. The number of nitrogen functional groups attached to an aromatic ring is 1. The summed E-state index contributed by atoms with van der Waals surface area (Å²) in [5.41, 5.74) is 7.46. The average molecular weight is 596 g/mol. The highest BCUT2D eigenvalue weighted by molar-refractivity contribution is 7.91. The molecule has 40 heavy (non-hydrogen) atoms. The number of ether oxygens (including phenoxy) is 1. The number of alkyl halides is 3. The lowest BCUT2D eigenvalue weighted by Gasteiger charge is -2.15. The number of rotatable bonds is 8. The van der Waals surface area contributed by atoms with Gasteiger partial charge in [-0.15, -0.1) is 0 Å². The second-order valence-corrected chi connectivity index (χ2v) is 13.0. The third-order valence-corrected chi connectivity index (χ3v) is 8.01. The first-order valence-electron chi connectivity index (χ1n) is 11.5. The van der Waals surface area contributed by atoms with E-state index in [-0.39, 0.29) is 50.5 Å². The molecule has 0 aliphatic heterocycles. The van der Waals surface area contributed by atoms with Gasteiger partial charge in [-0.1, -0.05) is 12.1 Å². The molecule has 2 heterocycles. The van der Waals surface area contributed by atoms with Crippen LogP contribution in [0, 0.1) is 0 Å². The monoisotopic (exact) mass is 595 g/mol. The van der Waals surface area contributed by atoms with E-state index in [1.807, 2.05) is 0 Å². The summed E-state index contributed by atoms with van der Waals surface area (Å²) in [6.07, 6.45) is -2.39. The molecule has 212 valence electrons. The third-order valence-electron chi connectivity index (χ3n) is 5.78. The Kier molecular flexibility index (Phi) is 7.64. The summed E-state index contributed by atoms with van der Waals surface area (Å²) < 4.78 is 93.3. The molecule has 0 bridgehead atoms. The fourth-order valence-electron chi connectivity index (χ4n) is 4.01. The van der Waals surface area contributed by atoms with Crippen LogP contribution < -0.4 is 15.8 Å². The first kappa shape index (κ1) is 29.0. The van der Waals surface area contributed by atoms with Crippen molar-refractivity contribution in [2.24, 2.45) is 0 Å². The van der Waals surface area contributed by atoms with E-state index in [0.29, 0.717) is 16.7 Å². The number of anilines is 2. The van der Waals surface area contributed by atoms with E-state index in [0.717, 1.165) is 12.5 Å². The van der Waals surface area contributed by atoms with Crippen molar-refractivity contribution in [1.82, 2.24) is 15.0 Å². The van der Waals surface area contributed by atoms with Crippen LogP contribution in [0.5, 0.6) is 5.75 Å². The molecule has 0 unspecified atom stereocenters. The summed E-state index contributed by atoms with van der Waals surface area (Å²) in [6, 6.07) is 12.1. The largest absolute Gasteiger partial charge is 0.495 e. The number of benzene rings is 2. The summed E-state index contributed by atoms with van der Waals surface area (Å²) in [4.78, 5) is 12.6. The fraction of sp³-hybridized carbons (Fsp3) is 0.240. The predicted molar refractivity (Wildman–Crippen MR) is 144 cm³/mol. The predicted octanol–water partition coefficient (Wildman–Crippen LogP) is 3.65. The summed E-state index contributed by atoms with van der Waals surface area (Å²) in [6.45, 7) is -1.42. The van der Waals surface area contributed by atoms with E-state index in [1.54, 1.807) is 24.3 Å². The van der Waals surface area contributed by atoms with Gasteiger partial charge in [-0.05, 0) is 53.9 Å². The number of nitrogens with two attached hydrogens (primary N) is 1. The van der Waals surface area contributed by atoms with E-state index in [2.05, 4.69) is 20.3 Å². The maximum atomic E-state index is 13.0. The van der Waals surface area contributed by atoms with Gasteiger partial charge in [-0.2, -0.15) is 18.2 Å². The highest BCUT2D eigenvalue weighted by Crippen LogP contribution is 2.33. The molecule has 2 aromatic heterocycles. The molecule has 4 aromatic rings. The molecule has 0 amide bonds. The highest BCUT2D eigenvalue weighted by Gasteiger charge is 2.28. The number of methoxy groups -OCH3 is 1. The molecule has 0 saturated carbocycles. The van der Waals surface area contributed by atoms with Crippen molar-refractivity contribution >= 4 is 42.5 Å². The molecule has 0 radical (unpaired) electrons. The van der Waals surface area contributed by atoms with Gasteiger partial charge < -0.3 is 15.8 Å². The zero-order valence-corrected chi connectivity index (χ0v) is 23.1.